The van der Waals surface area contributed by atoms with Gasteiger partial charge in [0.25, 0.3) is 5.91 Å². The largest absolute Gasteiger partial charge is 0.462 e. The van der Waals surface area contributed by atoms with Crippen molar-refractivity contribution in [3.05, 3.63) is 65.0 Å². The van der Waals surface area contributed by atoms with E-state index < -0.39 is 5.97 Å². The summed E-state index contributed by atoms with van der Waals surface area (Å²) < 4.78 is 15.8. The number of hydrogen-bond donors (Lipinski definition) is 1. The van der Waals surface area contributed by atoms with E-state index in [0.717, 1.165) is 11.1 Å². The van der Waals surface area contributed by atoms with Crippen LogP contribution in [0.2, 0.25) is 0 Å². The first-order valence-electron chi connectivity index (χ1n) is 8.72. The molecule has 0 unspecified atom stereocenters. The molecule has 0 radical (unpaired) electrons. The zero-order valence-electron chi connectivity index (χ0n) is 15.1. The van der Waals surface area contributed by atoms with Gasteiger partial charge in [-0.15, -0.1) is 11.3 Å². The number of carbonyl (C=O) groups is 2. The molecular formula is C21H17NO5S. The SMILES string of the molecule is CCOC(=O)c1c(-c2ccccc2)csc1NC(=O)c1ccc2c(c1)OCO2. The Balaban J connectivity index is 1.66. The van der Waals surface area contributed by atoms with Gasteiger partial charge in [0.1, 0.15) is 10.6 Å². The molecule has 2 heterocycles. The molecule has 1 amide bonds. The zero-order chi connectivity index (χ0) is 19.5. The van der Waals surface area contributed by atoms with E-state index in [1.165, 1.54) is 11.3 Å². The Labute approximate surface area is 165 Å². The van der Waals surface area contributed by atoms with Crippen LogP contribution in [-0.4, -0.2) is 25.3 Å². The Bertz CT molecular complexity index is 1030. The van der Waals surface area contributed by atoms with Gasteiger partial charge in [0.2, 0.25) is 6.79 Å². The Morgan fingerprint density at radius 2 is 1.89 bits per heavy atom. The molecule has 0 fully saturated rings. The number of benzene rings is 2. The van der Waals surface area contributed by atoms with Crippen LogP contribution in [0, 0.1) is 0 Å². The van der Waals surface area contributed by atoms with Gasteiger partial charge < -0.3 is 19.5 Å². The van der Waals surface area contributed by atoms with E-state index in [9.17, 15) is 9.59 Å². The van der Waals surface area contributed by atoms with Crippen molar-refractivity contribution in [2.24, 2.45) is 0 Å². The maximum absolute atomic E-state index is 12.7. The number of hydrogen-bond acceptors (Lipinski definition) is 6. The highest BCUT2D eigenvalue weighted by molar-refractivity contribution is 7.15. The van der Waals surface area contributed by atoms with Crippen molar-refractivity contribution in [3.8, 4) is 22.6 Å². The minimum absolute atomic E-state index is 0.138. The lowest BCUT2D eigenvalue weighted by atomic mass is 10.0. The first kappa shape index (κ1) is 18.1. The van der Waals surface area contributed by atoms with E-state index in [1.807, 2.05) is 35.7 Å². The number of esters is 1. The third-order valence-electron chi connectivity index (χ3n) is 4.22. The summed E-state index contributed by atoms with van der Waals surface area (Å²) in [6.07, 6.45) is 0. The monoisotopic (exact) mass is 395 g/mol. The third kappa shape index (κ3) is 3.44. The number of anilines is 1. The van der Waals surface area contributed by atoms with Crippen LogP contribution in [0.5, 0.6) is 11.5 Å². The summed E-state index contributed by atoms with van der Waals surface area (Å²) in [5.74, 6) is 0.314. The third-order valence-corrected chi connectivity index (χ3v) is 5.11. The average molecular weight is 395 g/mol. The molecule has 6 nitrogen and oxygen atoms in total. The maximum Gasteiger partial charge on any atom is 0.341 e. The standard InChI is InChI=1S/C21H17NO5S/c1-2-25-21(24)18-15(13-6-4-3-5-7-13)11-28-20(18)22-19(23)14-8-9-16-17(10-14)27-12-26-16/h3-11H,2,12H2,1H3,(H,22,23). The summed E-state index contributed by atoms with van der Waals surface area (Å²) in [7, 11) is 0. The molecule has 4 rings (SSSR count). The van der Waals surface area contributed by atoms with Gasteiger partial charge in [-0.25, -0.2) is 4.79 Å². The topological polar surface area (TPSA) is 73.9 Å². The Morgan fingerprint density at radius 3 is 2.68 bits per heavy atom. The summed E-state index contributed by atoms with van der Waals surface area (Å²) in [5, 5.41) is 5.12. The van der Waals surface area contributed by atoms with E-state index in [1.54, 1.807) is 25.1 Å². The highest BCUT2D eigenvalue weighted by Crippen LogP contribution is 2.37. The fraction of sp³-hybridized carbons (Fsp3) is 0.143. The van der Waals surface area contributed by atoms with Gasteiger partial charge in [-0.05, 0) is 30.7 Å². The molecule has 2 aromatic carbocycles. The number of rotatable bonds is 5. The fourth-order valence-corrected chi connectivity index (χ4v) is 3.85. The molecule has 0 saturated carbocycles. The van der Waals surface area contributed by atoms with Crippen LogP contribution in [0.15, 0.2) is 53.9 Å². The van der Waals surface area contributed by atoms with E-state index in [4.69, 9.17) is 14.2 Å². The van der Waals surface area contributed by atoms with Gasteiger partial charge in [0, 0.05) is 16.5 Å². The molecule has 1 N–H and O–H groups in total. The lowest BCUT2D eigenvalue weighted by Gasteiger charge is -2.09. The molecule has 7 heteroatoms. The van der Waals surface area contributed by atoms with Crippen LogP contribution in [-0.2, 0) is 4.74 Å². The predicted octanol–water partition coefficient (Wildman–Crippen LogP) is 4.57. The number of nitrogens with one attached hydrogen (secondary N) is 1. The van der Waals surface area contributed by atoms with E-state index in [0.29, 0.717) is 27.6 Å². The number of ether oxygens (including phenoxy) is 3. The zero-order valence-corrected chi connectivity index (χ0v) is 15.9. The minimum atomic E-state index is -0.469. The minimum Gasteiger partial charge on any atom is -0.462 e. The Kier molecular flexibility index (Phi) is 4.99. The predicted molar refractivity (Wildman–Crippen MR) is 106 cm³/mol. The second-order valence-electron chi connectivity index (χ2n) is 5.96. The molecule has 3 aromatic rings. The summed E-state index contributed by atoms with van der Waals surface area (Å²) in [6.45, 7) is 2.13. The van der Waals surface area contributed by atoms with Crippen molar-refractivity contribution < 1.29 is 23.8 Å². The molecule has 0 spiro atoms. The number of carbonyl (C=O) groups excluding carboxylic acids is 2. The smallest absolute Gasteiger partial charge is 0.341 e. The molecule has 1 aliphatic heterocycles. The number of amides is 1. The van der Waals surface area contributed by atoms with Gasteiger partial charge in [-0.1, -0.05) is 30.3 Å². The van der Waals surface area contributed by atoms with Crippen LogP contribution in [0.3, 0.4) is 0 Å². The Hall–Kier alpha value is -3.32. The van der Waals surface area contributed by atoms with Crippen molar-refractivity contribution >= 4 is 28.2 Å². The fourth-order valence-electron chi connectivity index (χ4n) is 2.90. The molecule has 0 atom stereocenters. The second-order valence-corrected chi connectivity index (χ2v) is 6.84. The van der Waals surface area contributed by atoms with Crippen molar-refractivity contribution in [3.63, 3.8) is 0 Å². The maximum atomic E-state index is 12.7. The number of thiophene rings is 1. The molecule has 142 valence electrons. The van der Waals surface area contributed by atoms with E-state index in [2.05, 4.69) is 5.32 Å². The van der Waals surface area contributed by atoms with Gasteiger partial charge in [-0.2, -0.15) is 0 Å². The quantitative estimate of drug-likeness (QED) is 0.641. The molecular weight excluding hydrogens is 378 g/mol. The summed E-state index contributed by atoms with van der Waals surface area (Å²) in [4.78, 5) is 25.3. The van der Waals surface area contributed by atoms with Crippen molar-refractivity contribution in [1.29, 1.82) is 0 Å². The molecule has 0 bridgehead atoms. The van der Waals surface area contributed by atoms with Crippen molar-refractivity contribution in [1.82, 2.24) is 0 Å². The first-order valence-corrected chi connectivity index (χ1v) is 9.60. The first-order chi connectivity index (χ1) is 13.7. The van der Waals surface area contributed by atoms with E-state index in [-0.39, 0.29) is 19.3 Å². The lowest BCUT2D eigenvalue weighted by molar-refractivity contribution is 0.0529. The molecule has 0 saturated heterocycles. The molecule has 1 aromatic heterocycles. The van der Waals surface area contributed by atoms with E-state index >= 15 is 0 Å². The summed E-state index contributed by atoms with van der Waals surface area (Å²) >= 11 is 1.28. The van der Waals surface area contributed by atoms with Crippen molar-refractivity contribution in [2.45, 2.75) is 6.92 Å². The highest BCUT2D eigenvalue weighted by atomic mass is 32.1. The molecule has 1 aliphatic rings. The van der Waals surface area contributed by atoms with Gasteiger partial charge >= 0.3 is 5.97 Å². The van der Waals surface area contributed by atoms with Gasteiger partial charge in [0.05, 0.1) is 6.61 Å². The average Bonchev–Trinajstić information content (AvgIpc) is 3.35. The Morgan fingerprint density at radius 1 is 1.11 bits per heavy atom. The van der Waals surface area contributed by atoms with Gasteiger partial charge in [-0.3, -0.25) is 4.79 Å². The van der Waals surface area contributed by atoms with Crippen LogP contribution >= 0.6 is 11.3 Å². The summed E-state index contributed by atoms with van der Waals surface area (Å²) in [5.41, 5.74) is 2.37. The molecule has 0 aliphatic carbocycles. The van der Waals surface area contributed by atoms with Crippen molar-refractivity contribution in [2.75, 3.05) is 18.7 Å². The lowest BCUT2D eigenvalue weighted by Crippen LogP contribution is -2.14. The highest BCUT2D eigenvalue weighted by Gasteiger charge is 2.24. The van der Waals surface area contributed by atoms with Crippen LogP contribution in [0.25, 0.3) is 11.1 Å². The molecule has 28 heavy (non-hydrogen) atoms. The normalized spacial score (nSPS) is 11.9. The summed E-state index contributed by atoms with van der Waals surface area (Å²) in [6, 6.07) is 14.5. The van der Waals surface area contributed by atoms with Gasteiger partial charge in [0.15, 0.2) is 11.5 Å². The number of fused-ring (bicyclic) bond motifs is 1. The van der Waals surface area contributed by atoms with Crippen LogP contribution < -0.4 is 14.8 Å². The second kappa shape index (κ2) is 7.74. The van der Waals surface area contributed by atoms with Crippen LogP contribution in [0.1, 0.15) is 27.6 Å². The van der Waals surface area contributed by atoms with Crippen LogP contribution in [0.4, 0.5) is 5.00 Å².